The third-order valence-corrected chi connectivity index (χ3v) is 4.58. The summed E-state index contributed by atoms with van der Waals surface area (Å²) in [5.41, 5.74) is 0. The van der Waals surface area contributed by atoms with Crippen molar-refractivity contribution in [2.24, 2.45) is 4.99 Å². The summed E-state index contributed by atoms with van der Waals surface area (Å²) in [5, 5.41) is 6.49. The van der Waals surface area contributed by atoms with Crippen LogP contribution in [-0.4, -0.2) is 35.6 Å². The number of halogens is 1. The first-order valence-corrected chi connectivity index (χ1v) is 9.55. The van der Waals surface area contributed by atoms with Crippen LogP contribution in [0.3, 0.4) is 0 Å². The van der Waals surface area contributed by atoms with Gasteiger partial charge in [-0.25, -0.2) is 0 Å². The summed E-state index contributed by atoms with van der Waals surface area (Å²) >= 11 is 0. The Morgan fingerprint density at radius 1 is 1.09 bits per heavy atom. The Hall–Kier alpha value is -0.630. The molecule has 0 saturated carbocycles. The Morgan fingerprint density at radius 3 is 2.48 bits per heavy atom. The van der Waals surface area contributed by atoms with Gasteiger partial charge in [-0.2, -0.15) is 0 Å². The van der Waals surface area contributed by atoms with Gasteiger partial charge in [0, 0.05) is 30.3 Å². The van der Waals surface area contributed by atoms with E-state index in [1.165, 1.54) is 19.3 Å². The first-order chi connectivity index (χ1) is 10.8. The highest BCUT2D eigenvalue weighted by Crippen LogP contribution is 2.04. The number of hydrogen-bond donors (Lipinski definition) is 2. The van der Waals surface area contributed by atoms with Gasteiger partial charge in [0.05, 0.1) is 10.8 Å². The molecule has 1 unspecified atom stereocenters. The fourth-order valence-electron chi connectivity index (χ4n) is 2.02. The van der Waals surface area contributed by atoms with E-state index in [0.29, 0.717) is 12.3 Å². The van der Waals surface area contributed by atoms with Crippen molar-refractivity contribution in [1.29, 1.82) is 0 Å². The molecule has 23 heavy (non-hydrogen) atoms. The van der Waals surface area contributed by atoms with Crippen LogP contribution in [0.4, 0.5) is 0 Å². The van der Waals surface area contributed by atoms with Gasteiger partial charge in [-0.15, -0.1) is 24.0 Å². The average Bonchev–Trinajstić information content (AvgIpc) is 2.55. The van der Waals surface area contributed by atoms with E-state index >= 15 is 0 Å². The maximum Gasteiger partial charge on any atom is 0.191 e. The standard InChI is InChI=1S/C17H29N3OS.HI/c1-3-5-6-10-13-19-17(18-4-2)20-14-15-22(21)16-11-8-7-9-12-16;/h7-9,11-12H,3-6,10,13-15H2,1-2H3,(H2,18,19,20);1H. The molecule has 0 aliphatic heterocycles. The third-order valence-electron chi connectivity index (χ3n) is 3.21. The lowest BCUT2D eigenvalue weighted by molar-refractivity contribution is 0.670. The minimum Gasteiger partial charge on any atom is -0.357 e. The van der Waals surface area contributed by atoms with Gasteiger partial charge in [0.1, 0.15) is 0 Å². The first-order valence-electron chi connectivity index (χ1n) is 8.23. The van der Waals surface area contributed by atoms with Crippen LogP contribution in [-0.2, 0) is 10.8 Å². The highest BCUT2D eigenvalue weighted by atomic mass is 127. The molecule has 0 radical (unpaired) electrons. The minimum absolute atomic E-state index is 0. The van der Waals surface area contributed by atoms with Gasteiger partial charge in [0.15, 0.2) is 5.96 Å². The van der Waals surface area contributed by atoms with E-state index in [-0.39, 0.29) is 24.0 Å². The van der Waals surface area contributed by atoms with Crippen LogP contribution in [0.25, 0.3) is 0 Å². The summed E-state index contributed by atoms with van der Waals surface area (Å²) in [6, 6.07) is 9.59. The predicted octanol–water partition coefficient (Wildman–Crippen LogP) is 3.55. The number of aliphatic imine (C=N–C) groups is 1. The van der Waals surface area contributed by atoms with Crippen molar-refractivity contribution in [3.63, 3.8) is 0 Å². The predicted molar refractivity (Wildman–Crippen MR) is 111 cm³/mol. The number of nitrogens with zero attached hydrogens (tertiary/aromatic N) is 1. The lowest BCUT2D eigenvalue weighted by atomic mass is 10.2. The molecular formula is C17H30IN3OS. The van der Waals surface area contributed by atoms with Gasteiger partial charge >= 0.3 is 0 Å². The molecule has 6 heteroatoms. The molecule has 132 valence electrons. The molecule has 1 rings (SSSR count). The van der Waals surface area contributed by atoms with Gasteiger partial charge in [-0.1, -0.05) is 44.4 Å². The van der Waals surface area contributed by atoms with E-state index in [4.69, 9.17) is 0 Å². The Labute approximate surface area is 160 Å². The van der Waals surface area contributed by atoms with E-state index in [2.05, 4.69) is 29.5 Å². The second-order valence-corrected chi connectivity index (χ2v) is 6.68. The number of benzene rings is 1. The Bertz CT molecular complexity index is 454. The molecule has 1 aromatic carbocycles. The minimum atomic E-state index is -0.959. The molecule has 0 aliphatic carbocycles. The number of rotatable bonds is 10. The summed E-state index contributed by atoms with van der Waals surface area (Å²) in [6.07, 6.45) is 4.88. The molecule has 1 aromatic rings. The number of hydrogen-bond acceptors (Lipinski definition) is 2. The number of unbranched alkanes of at least 4 members (excludes halogenated alkanes) is 3. The molecule has 2 N–H and O–H groups in total. The van der Waals surface area contributed by atoms with Crippen molar-refractivity contribution in [1.82, 2.24) is 10.6 Å². The zero-order chi connectivity index (χ0) is 16.0. The molecule has 0 heterocycles. The molecule has 4 nitrogen and oxygen atoms in total. The van der Waals surface area contributed by atoms with E-state index in [0.717, 1.165) is 30.4 Å². The van der Waals surface area contributed by atoms with Gasteiger partial charge in [-0.3, -0.25) is 9.20 Å². The molecular weight excluding hydrogens is 421 g/mol. The Kier molecular flexibility index (Phi) is 14.5. The van der Waals surface area contributed by atoms with Crippen molar-refractivity contribution in [3.8, 4) is 0 Å². The zero-order valence-corrected chi connectivity index (χ0v) is 17.4. The second kappa shape index (κ2) is 14.9. The Balaban J connectivity index is 0.00000484. The van der Waals surface area contributed by atoms with Gasteiger partial charge in [-0.05, 0) is 25.5 Å². The van der Waals surface area contributed by atoms with E-state index in [9.17, 15) is 4.21 Å². The van der Waals surface area contributed by atoms with Crippen LogP contribution < -0.4 is 10.6 Å². The average molecular weight is 451 g/mol. The maximum atomic E-state index is 12.1. The third kappa shape index (κ3) is 10.7. The van der Waals surface area contributed by atoms with Crippen molar-refractivity contribution in [2.75, 3.05) is 25.4 Å². The lowest BCUT2D eigenvalue weighted by Gasteiger charge is -2.11. The number of guanidine groups is 1. The normalized spacial score (nSPS) is 12.3. The van der Waals surface area contributed by atoms with Crippen LogP contribution in [0, 0.1) is 0 Å². The Morgan fingerprint density at radius 2 is 1.83 bits per heavy atom. The summed E-state index contributed by atoms with van der Waals surface area (Å²) < 4.78 is 12.1. The van der Waals surface area contributed by atoms with Crippen molar-refractivity contribution < 1.29 is 4.21 Å². The van der Waals surface area contributed by atoms with Gasteiger partial charge in [0.25, 0.3) is 0 Å². The molecule has 1 atom stereocenters. The van der Waals surface area contributed by atoms with Gasteiger partial charge < -0.3 is 10.6 Å². The smallest absolute Gasteiger partial charge is 0.191 e. The van der Waals surface area contributed by atoms with Crippen LogP contribution in [0.1, 0.15) is 39.5 Å². The highest BCUT2D eigenvalue weighted by Gasteiger charge is 2.03. The SMILES string of the molecule is CCCCCCN=C(NCC)NCCS(=O)c1ccccc1.I. The summed E-state index contributed by atoms with van der Waals surface area (Å²) in [7, 11) is -0.959. The zero-order valence-electron chi connectivity index (χ0n) is 14.2. The maximum absolute atomic E-state index is 12.1. The molecule has 0 bridgehead atoms. The van der Waals surface area contributed by atoms with Crippen LogP contribution >= 0.6 is 24.0 Å². The van der Waals surface area contributed by atoms with Crippen molar-refractivity contribution in [2.45, 2.75) is 44.4 Å². The number of nitrogens with one attached hydrogen (secondary N) is 2. The monoisotopic (exact) mass is 451 g/mol. The topological polar surface area (TPSA) is 53.5 Å². The quantitative estimate of drug-likeness (QED) is 0.248. The summed E-state index contributed by atoms with van der Waals surface area (Å²) in [4.78, 5) is 5.43. The van der Waals surface area contributed by atoms with Gasteiger partial charge in [0.2, 0.25) is 0 Å². The molecule has 0 fully saturated rings. The van der Waals surface area contributed by atoms with Crippen LogP contribution in [0.15, 0.2) is 40.2 Å². The summed E-state index contributed by atoms with van der Waals surface area (Å²) in [5.74, 6) is 1.41. The molecule has 0 saturated heterocycles. The largest absolute Gasteiger partial charge is 0.357 e. The summed E-state index contributed by atoms with van der Waals surface area (Å²) in [6.45, 7) is 6.60. The fraction of sp³-hybridized carbons (Fsp3) is 0.588. The van der Waals surface area contributed by atoms with E-state index in [1.54, 1.807) is 0 Å². The highest BCUT2D eigenvalue weighted by molar-refractivity contribution is 14.0. The van der Waals surface area contributed by atoms with Crippen molar-refractivity contribution >= 4 is 40.7 Å². The molecule has 0 spiro atoms. The van der Waals surface area contributed by atoms with Crippen molar-refractivity contribution in [3.05, 3.63) is 30.3 Å². The van der Waals surface area contributed by atoms with E-state index < -0.39 is 10.8 Å². The molecule has 0 aliphatic rings. The molecule has 0 amide bonds. The lowest BCUT2D eigenvalue weighted by Crippen LogP contribution is -2.39. The first kappa shape index (κ1) is 22.4. The van der Waals surface area contributed by atoms with E-state index in [1.807, 2.05) is 30.3 Å². The van der Waals surface area contributed by atoms with Crippen LogP contribution in [0.5, 0.6) is 0 Å². The second-order valence-electron chi connectivity index (χ2n) is 5.11. The molecule has 0 aromatic heterocycles. The fourth-order valence-corrected chi connectivity index (χ4v) is 3.01. The van der Waals surface area contributed by atoms with Crippen LogP contribution in [0.2, 0.25) is 0 Å².